The van der Waals surface area contributed by atoms with Crippen LogP contribution in [-0.4, -0.2) is 17.0 Å². The predicted molar refractivity (Wildman–Crippen MR) is 79.2 cm³/mol. The van der Waals surface area contributed by atoms with Gasteiger partial charge < -0.3 is 9.88 Å². The van der Waals surface area contributed by atoms with E-state index in [9.17, 15) is 4.79 Å². The van der Waals surface area contributed by atoms with Crippen LogP contribution >= 0.6 is 0 Å². The van der Waals surface area contributed by atoms with Crippen LogP contribution in [0.4, 0.5) is 0 Å². The van der Waals surface area contributed by atoms with E-state index in [1.54, 1.807) is 0 Å². The molecule has 1 amide bonds. The van der Waals surface area contributed by atoms with Crippen LogP contribution in [-0.2, 0) is 18.3 Å². The van der Waals surface area contributed by atoms with Crippen molar-refractivity contribution in [2.75, 3.05) is 6.54 Å². The molecule has 1 aromatic carbocycles. The number of aromatic nitrogens is 1. The van der Waals surface area contributed by atoms with Crippen molar-refractivity contribution in [1.82, 2.24) is 9.88 Å². The van der Waals surface area contributed by atoms with Crippen molar-refractivity contribution in [3.8, 4) is 0 Å². The maximum Gasteiger partial charge on any atom is 0.220 e. The highest BCUT2D eigenvalue weighted by atomic mass is 16.1. The molecule has 2 aromatic rings. The molecule has 1 N–H and O–H groups in total. The van der Waals surface area contributed by atoms with Crippen molar-refractivity contribution in [2.24, 2.45) is 7.05 Å². The number of carbonyl (C=O) groups excluding carboxylic acids is 1. The fraction of sp³-hybridized carbons (Fsp3) is 0.438. The number of aryl methyl sites for hydroxylation is 2. The zero-order chi connectivity index (χ0) is 13.7. The third kappa shape index (κ3) is 3.37. The minimum atomic E-state index is 0.154. The Morgan fingerprint density at radius 2 is 2.11 bits per heavy atom. The Balaban J connectivity index is 1.96. The molecule has 19 heavy (non-hydrogen) atoms. The molecule has 3 nitrogen and oxygen atoms in total. The first-order chi connectivity index (χ1) is 9.22. The third-order valence-electron chi connectivity index (χ3n) is 3.45. The van der Waals surface area contributed by atoms with Crippen LogP contribution in [0, 0.1) is 0 Å². The smallest absolute Gasteiger partial charge is 0.220 e. The Bertz CT molecular complexity index is 557. The number of fused-ring (bicyclic) bond motifs is 1. The summed E-state index contributed by atoms with van der Waals surface area (Å²) in [6.07, 6.45) is 5.67. The maximum atomic E-state index is 11.7. The van der Waals surface area contributed by atoms with Gasteiger partial charge in [0.25, 0.3) is 0 Å². The fourth-order valence-corrected chi connectivity index (χ4v) is 2.37. The van der Waals surface area contributed by atoms with Gasteiger partial charge in [-0.05, 0) is 24.5 Å². The first-order valence-corrected chi connectivity index (χ1v) is 7.02. The van der Waals surface area contributed by atoms with Crippen LogP contribution in [0.25, 0.3) is 10.9 Å². The van der Waals surface area contributed by atoms with Crippen molar-refractivity contribution < 1.29 is 4.79 Å². The van der Waals surface area contributed by atoms with Crippen molar-refractivity contribution in [3.05, 3.63) is 36.0 Å². The molecule has 0 atom stereocenters. The lowest BCUT2D eigenvalue weighted by Crippen LogP contribution is -2.24. The molecular formula is C16H22N2O. The van der Waals surface area contributed by atoms with Crippen molar-refractivity contribution in [2.45, 2.75) is 32.6 Å². The van der Waals surface area contributed by atoms with Gasteiger partial charge in [-0.25, -0.2) is 0 Å². The Hall–Kier alpha value is -1.77. The van der Waals surface area contributed by atoms with Crippen LogP contribution in [0.5, 0.6) is 0 Å². The van der Waals surface area contributed by atoms with Gasteiger partial charge in [-0.1, -0.05) is 31.5 Å². The summed E-state index contributed by atoms with van der Waals surface area (Å²) in [4.78, 5) is 11.7. The Kier molecular flexibility index (Phi) is 4.61. The summed E-state index contributed by atoms with van der Waals surface area (Å²) in [5.74, 6) is 0.154. The normalized spacial score (nSPS) is 10.8. The van der Waals surface area contributed by atoms with Crippen LogP contribution in [0.15, 0.2) is 30.5 Å². The van der Waals surface area contributed by atoms with Gasteiger partial charge in [0.05, 0.1) is 0 Å². The summed E-state index contributed by atoms with van der Waals surface area (Å²) >= 11 is 0. The number of carbonyl (C=O) groups is 1. The number of nitrogens with zero attached hydrogens (tertiary/aromatic N) is 1. The van der Waals surface area contributed by atoms with Gasteiger partial charge in [-0.15, -0.1) is 0 Å². The molecule has 0 saturated carbocycles. The van der Waals surface area contributed by atoms with E-state index in [-0.39, 0.29) is 5.91 Å². The number of rotatable bonds is 6. The lowest BCUT2D eigenvalue weighted by Gasteiger charge is -2.03. The largest absolute Gasteiger partial charge is 0.356 e. The first-order valence-electron chi connectivity index (χ1n) is 7.02. The van der Waals surface area contributed by atoms with E-state index in [4.69, 9.17) is 0 Å². The third-order valence-corrected chi connectivity index (χ3v) is 3.45. The topological polar surface area (TPSA) is 34.0 Å². The number of unbranched alkanes of at least 4 members (excludes halogenated alkanes) is 1. The number of para-hydroxylation sites is 1. The first kappa shape index (κ1) is 13.7. The molecule has 0 aliphatic carbocycles. The number of benzene rings is 1. The van der Waals surface area contributed by atoms with Gasteiger partial charge >= 0.3 is 0 Å². The summed E-state index contributed by atoms with van der Waals surface area (Å²) in [5.41, 5.74) is 2.48. The molecule has 0 radical (unpaired) electrons. The van der Waals surface area contributed by atoms with E-state index in [2.05, 4.69) is 35.1 Å². The van der Waals surface area contributed by atoms with Crippen LogP contribution in [0.2, 0.25) is 0 Å². The second kappa shape index (κ2) is 6.41. The lowest BCUT2D eigenvalue weighted by molar-refractivity contribution is -0.121. The standard InChI is InChI=1S/C16H22N2O/c1-3-4-11-17-16(19)10-9-13-12-18(2)15-8-6-5-7-14(13)15/h5-8,12H,3-4,9-11H2,1-2H3,(H,17,19). The van der Waals surface area contributed by atoms with Gasteiger partial charge in [0, 0.05) is 37.1 Å². The van der Waals surface area contributed by atoms with E-state index in [1.165, 1.54) is 16.5 Å². The second-order valence-corrected chi connectivity index (χ2v) is 4.99. The van der Waals surface area contributed by atoms with E-state index in [0.29, 0.717) is 6.42 Å². The minimum absolute atomic E-state index is 0.154. The molecule has 0 spiro atoms. The molecule has 0 aliphatic heterocycles. The molecular weight excluding hydrogens is 236 g/mol. The van der Waals surface area contributed by atoms with Gasteiger partial charge in [-0.2, -0.15) is 0 Å². The molecule has 0 saturated heterocycles. The maximum absolute atomic E-state index is 11.7. The minimum Gasteiger partial charge on any atom is -0.356 e. The zero-order valence-corrected chi connectivity index (χ0v) is 11.8. The number of amides is 1. The molecule has 3 heteroatoms. The van der Waals surface area contributed by atoms with Crippen LogP contribution in [0.3, 0.4) is 0 Å². The highest BCUT2D eigenvalue weighted by Gasteiger charge is 2.07. The summed E-state index contributed by atoms with van der Waals surface area (Å²) in [6, 6.07) is 8.33. The molecule has 2 rings (SSSR count). The quantitative estimate of drug-likeness (QED) is 0.794. The van der Waals surface area contributed by atoms with Crippen LogP contribution in [0.1, 0.15) is 31.7 Å². The zero-order valence-electron chi connectivity index (χ0n) is 11.8. The van der Waals surface area contributed by atoms with E-state index >= 15 is 0 Å². The molecule has 102 valence electrons. The summed E-state index contributed by atoms with van der Waals surface area (Å²) in [6.45, 7) is 2.92. The van der Waals surface area contributed by atoms with E-state index in [1.807, 2.05) is 19.2 Å². The molecule has 0 bridgehead atoms. The van der Waals surface area contributed by atoms with Crippen molar-refractivity contribution >= 4 is 16.8 Å². The predicted octanol–water partition coefficient (Wildman–Crippen LogP) is 3.03. The lowest BCUT2D eigenvalue weighted by atomic mass is 10.1. The van der Waals surface area contributed by atoms with Crippen LogP contribution < -0.4 is 5.32 Å². The van der Waals surface area contributed by atoms with Gasteiger partial charge in [0.2, 0.25) is 5.91 Å². The highest BCUT2D eigenvalue weighted by molar-refractivity contribution is 5.84. The molecule has 1 aromatic heterocycles. The molecule has 0 aliphatic rings. The van der Waals surface area contributed by atoms with Crippen molar-refractivity contribution in [3.63, 3.8) is 0 Å². The van der Waals surface area contributed by atoms with E-state index in [0.717, 1.165) is 25.8 Å². The van der Waals surface area contributed by atoms with Crippen molar-refractivity contribution in [1.29, 1.82) is 0 Å². The van der Waals surface area contributed by atoms with Gasteiger partial charge in [0.15, 0.2) is 0 Å². The summed E-state index contributed by atoms with van der Waals surface area (Å²) < 4.78 is 2.12. The number of hydrogen-bond acceptors (Lipinski definition) is 1. The highest BCUT2D eigenvalue weighted by Crippen LogP contribution is 2.21. The summed E-state index contributed by atoms with van der Waals surface area (Å²) in [7, 11) is 2.05. The number of nitrogens with one attached hydrogen (secondary N) is 1. The Morgan fingerprint density at radius 3 is 2.89 bits per heavy atom. The van der Waals surface area contributed by atoms with E-state index < -0.39 is 0 Å². The average molecular weight is 258 g/mol. The Morgan fingerprint density at radius 1 is 1.32 bits per heavy atom. The SMILES string of the molecule is CCCCNC(=O)CCc1cn(C)c2ccccc12. The Labute approximate surface area is 114 Å². The fourth-order valence-electron chi connectivity index (χ4n) is 2.37. The summed E-state index contributed by atoms with van der Waals surface area (Å²) in [5, 5.41) is 4.22. The molecule has 0 unspecified atom stereocenters. The average Bonchev–Trinajstić information content (AvgIpc) is 2.74. The van der Waals surface area contributed by atoms with Gasteiger partial charge in [0.1, 0.15) is 0 Å². The molecule has 0 fully saturated rings. The number of hydrogen-bond donors (Lipinski definition) is 1. The molecule has 1 heterocycles. The second-order valence-electron chi connectivity index (χ2n) is 4.99. The van der Waals surface area contributed by atoms with Gasteiger partial charge in [-0.3, -0.25) is 4.79 Å². The monoisotopic (exact) mass is 258 g/mol.